The first kappa shape index (κ1) is 35.6. The number of nitrogens with zero attached hydrogens (tertiary/aromatic N) is 5. The number of methoxy groups -OCH3 is 1. The summed E-state index contributed by atoms with van der Waals surface area (Å²) in [4.78, 5) is 61.2. The lowest BCUT2D eigenvalue weighted by atomic mass is 10.0. The second-order valence-electron chi connectivity index (χ2n) is 14.0. The minimum absolute atomic E-state index is 0.0377. The fourth-order valence-corrected chi connectivity index (χ4v) is 7.36. The van der Waals surface area contributed by atoms with Crippen molar-refractivity contribution in [3.63, 3.8) is 0 Å². The lowest BCUT2D eigenvalue weighted by molar-refractivity contribution is -0.136. The normalized spacial score (nSPS) is 18.3. The third-order valence-electron chi connectivity index (χ3n) is 10.6. The van der Waals surface area contributed by atoms with E-state index < -0.39 is 12.1 Å². The van der Waals surface area contributed by atoms with Crippen LogP contribution in [0.2, 0.25) is 0 Å². The summed E-state index contributed by atoms with van der Waals surface area (Å²) in [6.45, 7) is 3.26. The average molecular weight is 715 g/mol. The van der Waals surface area contributed by atoms with E-state index in [1.54, 1.807) is 4.90 Å². The number of carbonyl (C=O) groups excluding carboxylic acids is 3. The number of H-pyrrole nitrogens is 2. The van der Waals surface area contributed by atoms with Crippen molar-refractivity contribution in [2.75, 3.05) is 34.3 Å². The molecule has 3 N–H and O–H groups in total. The Bertz CT molecular complexity index is 2040. The van der Waals surface area contributed by atoms with Gasteiger partial charge in [0.25, 0.3) is 5.91 Å². The highest BCUT2D eigenvalue weighted by Crippen LogP contribution is 2.35. The van der Waals surface area contributed by atoms with Crippen LogP contribution in [0.3, 0.4) is 0 Å². The molecule has 4 heterocycles. The van der Waals surface area contributed by atoms with Crippen molar-refractivity contribution in [2.45, 2.75) is 56.8 Å². The molecule has 12 nitrogen and oxygen atoms in total. The third kappa shape index (κ3) is 7.45. The topological polar surface area (TPSA) is 140 Å². The molecule has 0 unspecified atom stereocenters. The molecular weight excluding hydrogens is 669 g/mol. The molecule has 3 amide bonds. The Morgan fingerprint density at radius 3 is 1.68 bits per heavy atom. The zero-order valence-corrected chi connectivity index (χ0v) is 30.6. The summed E-state index contributed by atoms with van der Waals surface area (Å²) in [5.41, 5.74) is 6.66. The highest BCUT2D eigenvalue weighted by molar-refractivity contribution is 5.87. The van der Waals surface area contributed by atoms with Gasteiger partial charge < -0.3 is 29.8 Å². The van der Waals surface area contributed by atoms with Gasteiger partial charge in [0.05, 0.1) is 49.0 Å². The molecule has 274 valence electrons. The van der Waals surface area contributed by atoms with Gasteiger partial charge in [-0.05, 0) is 74.5 Å². The van der Waals surface area contributed by atoms with E-state index >= 15 is 0 Å². The first-order chi connectivity index (χ1) is 25.7. The summed E-state index contributed by atoms with van der Waals surface area (Å²) in [7, 11) is 5.15. The lowest BCUT2D eigenvalue weighted by Crippen LogP contribution is -2.44. The number of rotatable bonds is 10. The van der Waals surface area contributed by atoms with Gasteiger partial charge in [-0.1, -0.05) is 78.9 Å². The minimum atomic E-state index is -0.867. The predicted octanol–water partition coefficient (Wildman–Crippen LogP) is 6.51. The lowest BCUT2D eigenvalue weighted by Gasteiger charge is -2.29. The van der Waals surface area contributed by atoms with E-state index in [0.29, 0.717) is 17.9 Å². The summed E-state index contributed by atoms with van der Waals surface area (Å²) in [5, 5.41) is 2.71. The van der Waals surface area contributed by atoms with E-state index in [4.69, 9.17) is 14.7 Å². The van der Waals surface area contributed by atoms with Crippen molar-refractivity contribution >= 4 is 17.9 Å². The molecule has 5 aromatic rings. The molecular formula is C41H46N8O4. The Hall–Kier alpha value is -5.75. The van der Waals surface area contributed by atoms with Gasteiger partial charge >= 0.3 is 6.09 Å². The summed E-state index contributed by atoms with van der Waals surface area (Å²) >= 11 is 0. The highest BCUT2D eigenvalue weighted by atomic mass is 16.5. The number of hydrogen-bond donors (Lipinski definition) is 3. The van der Waals surface area contributed by atoms with Crippen LogP contribution in [0, 0.1) is 0 Å². The maximum atomic E-state index is 13.9. The molecule has 12 heteroatoms. The number of benzene rings is 3. The molecule has 53 heavy (non-hydrogen) atoms. The Morgan fingerprint density at radius 1 is 0.736 bits per heavy atom. The third-order valence-corrected chi connectivity index (χ3v) is 10.6. The first-order valence-corrected chi connectivity index (χ1v) is 18.2. The molecule has 0 spiro atoms. The first-order valence-electron chi connectivity index (χ1n) is 18.2. The summed E-state index contributed by atoms with van der Waals surface area (Å²) in [6.07, 6.45) is 6.47. The van der Waals surface area contributed by atoms with Crippen LogP contribution in [-0.2, 0) is 14.3 Å². The minimum Gasteiger partial charge on any atom is -0.453 e. The largest absolute Gasteiger partial charge is 0.453 e. The van der Waals surface area contributed by atoms with Crippen molar-refractivity contribution in [2.24, 2.45) is 0 Å². The Kier molecular flexibility index (Phi) is 10.4. The number of aromatic nitrogens is 4. The average Bonchev–Trinajstić information content (AvgIpc) is 4.03. The summed E-state index contributed by atoms with van der Waals surface area (Å²) in [6, 6.07) is 24.6. The molecule has 2 saturated heterocycles. The molecule has 2 fully saturated rings. The number of ether oxygens (including phenoxy) is 1. The number of alkyl carbamates (subject to hydrolysis) is 1. The van der Waals surface area contributed by atoms with Gasteiger partial charge in [-0.25, -0.2) is 14.8 Å². The van der Waals surface area contributed by atoms with E-state index in [-0.39, 0.29) is 29.9 Å². The van der Waals surface area contributed by atoms with Gasteiger partial charge in [0.2, 0.25) is 5.91 Å². The molecule has 2 aromatic heterocycles. The number of likely N-dealkylation sites (tertiary alicyclic amines) is 2. The summed E-state index contributed by atoms with van der Waals surface area (Å²) < 4.78 is 4.82. The number of carbonyl (C=O) groups is 3. The maximum Gasteiger partial charge on any atom is 0.407 e. The molecule has 7 rings (SSSR count). The second-order valence-corrected chi connectivity index (χ2v) is 14.0. The molecule has 2 aliphatic heterocycles. The van der Waals surface area contributed by atoms with Crippen LogP contribution in [-0.4, -0.2) is 92.9 Å². The number of imidazole rings is 2. The SMILES string of the molecule is COC(=O)N[C@@H](C(=O)N1CCC[C@H]1c1ncc(-c2ccc(-c3ccc(-c4cnc([C@@H]5CCCN5C(=O)[C@H](C)N(C)C)[nH]4)cc3)cc2)[nH]1)c1ccccc1. The molecule has 0 bridgehead atoms. The maximum absolute atomic E-state index is 13.9. The van der Waals surface area contributed by atoms with Gasteiger partial charge in [-0.15, -0.1) is 0 Å². The van der Waals surface area contributed by atoms with Crippen LogP contribution in [0.4, 0.5) is 4.79 Å². The van der Waals surface area contributed by atoms with Crippen LogP contribution in [0.25, 0.3) is 33.6 Å². The van der Waals surface area contributed by atoms with E-state index in [2.05, 4.69) is 63.8 Å². The van der Waals surface area contributed by atoms with Gasteiger partial charge in [0, 0.05) is 13.1 Å². The zero-order chi connectivity index (χ0) is 37.1. The quantitative estimate of drug-likeness (QED) is 0.150. The standard InChI is InChI=1S/C41H46N8O4/c1-26(47(2)3)39(50)48-22-8-12-34(48)37-42-24-32(44-37)29-18-14-27(15-19-29)28-16-20-30(21-17-28)33-25-43-38(45-33)35-13-9-23-49(35)40(51)36(46-41(52)53-4)31-10-6-5-7-11-31/h5-7,10-11,14-21,24-26,34-36H,8-9,12-13,22-23H2,1-4H3,(H,42,44)(H,43,45)(H,46,52)/t26-,34-,35-,36+/m0/s1. The number of nitrogens with one attached hydrogen (secondary N) is 3. The van der Waals surface area contributed by atoms with E-state index in [1.807, 2.05) is 73.5 Å². The van der Waals surface area contributed by atoms with E-state index in [1.165, 1.54) is 7.11 Å². The Balaban J connectivity index is 1.02. The second kappa shape index (κ2) is 15.5. The van der Waals surface area contributed by atoms with E-state index in [9.17, 15) is 14.4 Å². The number of amides is 3. The van der Waals surface area contributed by atoms with Crippen LogP contribution < -0.4 is 5.32 Å². The molecule has 2 aliphatic rings. The zero-order valence-electron chi connectivity index (χ0n) is 30.6. The van der Waals surface area contributed by atoms with Crippen molar-refractivity contribution < 1.29 is 19.1 Å². The number of aromatic amines is 2. The van der Waals surface area contributed by atoms with Crippen molar-refractivity contribution in [1.29, 1.82) is 0 Å². The van der Waals surface area contributed by atoms with Crippen molar-refractivity contribution in [3.05, 3.63) is 108 Å². The predicted molar refractivity (Wildman–Crippen MR) is 202 cm³/mol. The summed E-state index contributed by atoms with van der Waals surface area (Å²) in [5.74, 6) is 1.48. The smallest absolute Gasteiger partial charge is 0.407 e. The molecule has 3 aromatic carbocycles. The van der Waals surface area contributed by atoms with Gasteiger partial charge in [-0.3, -0.25) is 14.5 Å². The van der Waals surface area contributed by atoms with Crippen molar-refractivity contribution in [1.82, 2.24) is 40.0 Å². The van der Waals surface area contributed by atoms with Gasteiger partial charge in [0.15, 0.2) is 0 Å². The Morgan fingerprint density at radius 2 is 1.21 bits per heavy atom. The molecule has 0 radical (unpaired) electrons. The van der Waals surface area contributed by atoms with Gasteiger partial charge in [0.1, 0.15) is 17.7 Å². The molecule has 0 aliphatic carbocycles. The fraction of sp³-hybridized carbons (Fsp3) is 0.341. The molecule has 4 atom stereocenters. The van der Waals surface area contributed by atoms with Crippen LogP contribution in [0.15, 0.2) is 91.3 Å². The highest BCUT2D eigenvalue weighted by Gasteiger charge is 2.37. The monoisotopic (exact) mass is 714 g/mol. The van der Waals surface area contributed by atoms with Crippen molar-refractivity contribution in [3.8, 4) is 33.6 Å². The number of hydrogen-bond acceptors (Lipinski definition) is 7. The van der Waals surface area contributed by atoms with Crippen LogP contribution >= 0.6 is 0 Å². The number of likely N-dealkylation sites (N-methyl/N-ethyl adjacent to an activating group) is 1. The van der Waals surface area contributed by atoms with Gasteiger partial charge in [-0.2, -0.15) is 0 Å². The van der Waals surface area contributed by atoms with Crippen LogP contribution in [0.5, 0.6) is 0 Å². The van der Waals surface area contributed by atoms with E-state index in [0.717, 1.165) is 71.7 Å². The molecule has 0 saturated carbocycles. The Labute approximate surface area is 309 Å². The van der Waals surface area contributed by atoms with Crippen LogP contribution in [0.1, 0.15) is 67.9 Å². The fourth-order valence-electron chi connectivity index (χ4n) is 7.36.